The quantitative estimate of drug-likeness (QED) is 0.672. The van der Waals surface area contributed by atoms with Crippen molar-refractivity contribution in [2.75, 3.05) is 0 Å². The maximum absolute atomic E-state index is 12.8. The fourth-order valence-electron chi connectivity index (χ4n) is 2.30. The highest BCUT2D eigenvalue weighted by molar-refractivity contribution is 6.30. The fraction of sp³-hybridized carbons (Fsp3) is 0.250. The number of pyridine rings is 2. The van der Waals surface area contributed by atoms with Crippen molar-refractivity contribution >= 4 is 11.6 Å². The van der Waals surface area contributed by atoms with Gasteiger partial charge in [0.2, 0.25) is 11.7 Å². The van der Waals surface area contributed by atoms with E-state index < -0.39 is 22.3 Å². The molecule has 0 fully saturated rings. The Morgan fingerprint density at radius 2 is 1.96 bits per heavy atom. The number of halogens is 4. The summed E-state index contributed by atoms with van der Waals surface area (Å²) >= 11 is 5.61. The number of aryl methyl sites for hydroxylation is 2. The molecule has 0 bridgehead atoms. The monoisotopic (exact) mass is 384 g/mol. The van der Waals surface area contributed by atoms with E-state index in [9.17, 15) is 18.0 Å². The summed E-state index contributed by atoms with van der Waals surface area (Å²) in [7, 11) is 0. The second-order valence-electron chi connectivity index (χ2n) is 5.42. The largest absolute Gasteiger partial charge is 0.417 e. The number of hydrogen-bond acceptors (Lipinski definition) is 5. The number of nitrogens with zero attached hydrogens (tertiary/aromatic N) is 4. The van der Waals surface area contributed by atoms with Gasteiger partial charge in [0.25, 0.3) is 5.56 Å². The summed E-state index contributed by atoms with van der Waals surface area (Å²) in [4.78, 5) is 20.0. The van der Waals surface area contributed by atoms with Gasteiger partial charge in [-0.1, -0.05) is 16.8 Å². The zero-order valence-electron chi connectivity index (χ0n) is 13.2. The van der Waals surface area contributed by atoms with Gasteiger partial charge in [-0.2, -0.15) is 18.2 Å². The van der Waals surface area contributed by atoms with Crippen LogP contribution in [0.4, 0.5) is 13.2 Å². The van der Waals surface area contributed by atoms with Gasteiger partial charge in [0, 0.05) is 37.1 Å². The molecule has 6 nitrogen and oxygen atoms in total. The first-order valence-corrected chi connectivity index (χ1v) is 7.92. The van der Waals surface area contributed by atoms with E-state index in [0.29, 0.717) is 30.6 Å². The van der Waals surface area contributed by atoms with Crippen LogP contribution in [0.5, 0.6) is 0 Å². The highest BCUT2D eigenvalue weighted by Gasteiger charge is 2.32. The van der Waals surface area contributed by atoms with Gasteiger partial charge >= 0.3 is 6.18 Å². The summed E-state index contributed by atoms with van der Waals surface area (Å²) in [6, 6.07) is 4.07. The average molecular weight is 385 g/mol. The van der Waals surface area contributed by atoms with Crippen LogP contribution in [0.15, 0.2) is 46.1 Å². The van der Waals surface area contributed by atoms with Crippen molar-refractivity contribution in [2.45, 2.75) is 25.6 Å². The van der Waals surface area contributed by atoms with Crippen LogP contribution in [-0.4, -0.2) is 19.7 Å². The molecule has 0 unspecified atom stereocenters. The van der Waals surface area contributed by atoms with Gasteiger partial charge in [-0.15, -0.1) is 0 Å². The van der Waals surface area contributed by atoms with Gasteiger partial charge in [-0.05, 0) is 24.6 Å². The number of hydrogen-bond donors (Lipinski definition) is 0. The summed E-state index contributed by atoms with van der Waals surface area (Å²) in [6.45, 7) is 0.0371. The first-order chi connectivity index (χ1) is 12.3. The third-order valence-corrected chi connectivity index (χ3v) is 3.84. The van der Waals surface area contributed by atoms with E-state index in [2.05, 4.69) is 15.1 Å². The lowest BCUT2D eigenvalue weighted by Crippen LogP contribution is -2.23. The molecule has 0 radical (unpaired) electrons. The molecule has 10 heteroatoms. The van der Waals surface area contributed by atoms with E-state index >= 15 is 0 Å². The molecule has 0 aliphatic carbocycles. The lowest BCUT2D eigenvalue weighted by atomic mass is 10.2. The molecular weight excluding hydrogens is 373 g/mol. The molecule has 3 heterocycles. The molecule has 0 saturated carbocycles. The van der Waals surface area contributed by atoms with Crippen molar-refractivity contribution in [3.63, 3.8) is 0 Å². The predicted molar refractivity (Wildman–Crippen MR) is 86.6 cm³/mol. The Morgan fingerprint density at radius 1 is 1.23 bits per heavy atom. The maximum Gasteiger partial charge on any atom is 0.417 e. The van der Waals surface area contributed by atoms with E-state index in [1.165, 1.54) is 0 Å². The molecule has 3 aromatic rings. The molecule has 0 N–H and O–H groups in total. The SMILES string of the molecule is O=c1c(Cl)cc(C(F)(F)F)cn1CCCc1nc(-c2ccncc2)no1. The lowest BCUT2D eigenvalue weighted by molar-refractivity contribution is -0.138. The van der Waals surface area contributed by atoms with E-state index in [1.54, 1.807) is 24.5 Å². The summed E-state index contributed by atoms with van der Waals surface area (Å²) in [5.74, 6) is 0.713. The Labute approximate surface area is 150 Å². The third kappa shape index (κ3) is 4.10. The minimum atomic E-state index is -4.58. The second-order valence-corrected chi connectivity index (χ2v) is 5.83. The van der Waals surface area contributed by atoms with E-state index in [1.807, 2.05) is 0 Å². The molecule has 0 saturated heterocycles. The average Bonchev–Trinajstić information content (AvgIpc) is 3.07. The number of aromatic nitrogens is 4. The number of rotatable bonds is 5. The summed E-state index contributed by atoms with van der Waals surface area (Å²) < 4.78 is 44.5. The second kappa shape index (κ2) is 7.28. The zero-order valence-corrected chi connectivity index (χ0v) is 14.0. The van der Waals surface area contributed by atoms with Crippen molar-refractivity contribution in [1.82, 2.24) is 19.7 Å². The minimum absolute atomic E-state index is 0.0371. The molecule has 0 amide bonds. The van der Waals surface area contributed by atoms with Gasteiger partial charge in [0.1, 0.15) is 5.02 Å². The summed E-state index contributed by atoms with van der Waals surface area (Å²) in [5.41, 5.74) is -0.918. The van der Waals surface area contributed by atoms with Crippen LogP contribution in [0.1, 0.15) is 17.9 Å². The molecule has 0 spiro atoms. The Kier molecular flexibility index (Phi) is 5.08. The van der Waals surface area contributed by atoms with Crippen LogP contribution in [0, 0.1) is 0 Å². The molecule has 136 valence electrons. The summed E-state index contributed by atoms with van der Waals surface area (Å²) in [5, 5.41) is 3.36. The van der Waals surface area contributed by atoms with Gasteiger partial charge in [-0.3, -0.25) is 9.78 Å². The summed E-state index contributed by atoms with van der Waals surface area (Å²) in [6.07, 6.45) is -0.00627. The molecular formula is C16H12ClF3N4O2. The molecule has 3 rings (SSSR count). The van der Waals surface area contributed by atoms with Gasteiger partial charge in [-0.25, -0.2) is 0 Å². The highest BCUT2D eigenvalue weighted by atomic mass is 35.5. The topological polar surface area (TPSA) is 73.8 Å². The van der Waals surface area contributed by atoms with Crippen LogP contribution in [0.2, 0.25) is 5.02 Å². The molecule has 0 aromatic carbocycles. The van der Waals surface area contributed by atoms with Crippen LogP contribution >= 0.6 is 11.6 Å². The minimum Gasteiger partial charge on any atom is -0.339 e. The first kappa shape index (κ1) is 18.1. The smallest absolute Gasteiger partial charge is 0.339 e. The fourth-order valence-corrected chi connectivity index (χ4v) is 2.52. The molecule has 0 atom stereocenters. The maximum atomic E-state index is 12.8. The first-order valence-electron chi connectivity index (χ1n) is 7.55. The molecule has 0 aliphatic rings. The van der Waals surface area contributed by atoms with Crippen molar-refractivity contribution in [2.24, 2.45) is 0 Å². The Hall–Kier alpha value is -2.68. The van der Waals surface area contributed by atoms with Crippen molar-refractivity contribution < 1.29 is 17.7 Å². The van der Waals surface area contributed by atoms with E-state index in [-0.39, 0.29) is 6.54 Å². The molecule has 3 aromatic heterocycles. The van der Waals surface area contributed by atoms with E-state index in [0.717, 1.165) is 16.3 Å². The molecule has 0 aliphatic heterocycles. The van der Waals surface area contributed by atoms with Gasteiger partial charge in [0.15, 0.2) is 0 Å². The normalized spacial score (nSPS) is 11.7. The third-order valence-electron chi connectivity index (χ3n) is 3.57. The zero-order chi connectivity index (χ0) is 18.7. The lowest BCUT2D eigenvalue weighted by Gasteiger charge is -2.11. The van der Waals surface area contributed by atoms with Crippen molar-refractivity contribution in [3.8, 4) is 11.4 Å². The van der Waals surface area contributed by atoms with Crippen molar-refractivity contribution in [3.05, 3.63) is 63.6 Å². The number of alkyl halides is 3. The molecule has 26 heavy (non-hydrogen) atoms. The van der Waals surface area contributed by atoms with Crippen molar-refractivity contribution in [1.29, 1.82) is 0 Å². The van der Waals surface area contributed by atoms with Crippen LogP contribution in [0.3, 0.4) is 0 Å². The van der Waals surface area contributed by atoms with E-state index in [4.69, 9.17) is 16.1 Å². The standard InChI is InChI=1S/C16H12ClF3N4O2/c17-12-8-11(16(18,19)20)9-24(15(12)25)7-1-2-13-22-14(23-26-13)10-3-5-21-6-4-10/h3-6,8-9H,1-2,7H2. The highest BCUT2D eigenvalue weighted by Crippen LogP contribution is 2.29. The van der Waals surface area contributed by atoms with Crippen LogP contribution in [0.25, 0.3) is 11.4 Å². The predicted octanol–water partition coefficient (Wildman–Crippen LogP) is 3.60. The Balaban J connectivity index is 1.68. The van der Waals surface area contributed by atoms with Gasteiger partial charge in [0.05, 0.1) is 5.56 Å². The van der Waals surface area contributed by atoms with Crippen LogP contribution < -0.4 is 5.56 Å². The van der Waals surface area contributed by atoms with Crippen LogP contribution in [-0.2, 0) is 19.1 Å². The Morgan fingerprint density at radius 3 is 2.65 bits per heavy atom. The Bertz CT molecular complexity index is 954. The van der Waals surface area contributed by atoms with Gasteiger partial charge < -0.3 is 9.09 Å².